The molecule has 0 saturated carbocycles. The molecule has 4 fully saturated rings. The van der Waals surface area contributed by atoms with Crippen molar-refractivity contribution in [1.82, 2.24) is 9.80 Å². The monoisotopic (exact) mass is 965 g/mol. The highest BCUT2D eigenvalue weighted by Crippen LogP contribution is 2.42. The van der Waals surface area contributed by atoms with E-state index in [1.165, 1.54) is 24.0 Å². The summed E-state index contributed by atoms with van der Waals surface area (Å²) < 4.78 is 62.0. The maximum absolute atomic E-state index is 14.5. The van der Waals surface area contributed by atoms with E-state index >= 15 is 0 Å². The Balaban J connectivity index is 0.957. The minimum atomic E-state index is -0.970. The van der Waals surface area contributed by atoms with Crippen LogP contribution in [0.15, 0.2) is 36.4 Å². The summed E-state index contributed by atoms with van der Waals surface area (Å²) in [5.74, 6) is 0.467. The highest BCUT2D eigenvalue weighted by molar-refractivity contribution is 6.06. The summed E-state index contributed by atoms with van der Waals surface area (Å²) in [5.41, 5.74) is -0.308. The van der Waals surface area contributed by atoms with Crippen molar-refractivity contribution >= 4 is 35.4 Å². The van der Waals surface area contributed by atoms with E-state index in [-0.39, 0.29) is 11.8 Å². The molecule has 18 heteroatoms. The van der Waals surface area contributed by atoms with Crippen LogP contribution in [0.5, 0.6) is 11.5 Å². The van der Waals surface area contributed by atoms with Gasteiger partial charge in [-0.15, -0.1) is 0 Å². The van der Waals surface area contributed by atoms with E-state index in [0.29, 0.717) is 112 Å². The Hall–Kier alpha value is -4.72. The molecule has 8 atom stereocenters. The molecule has 0 aliphatic carbocycles. The van der Waals surface area contributed by atoms with Crippen molar-refractivity contribution in [3.05, 3.63) is 47.5 Å². The number of nitrogens with zero attached hydrogens (tertiary/aromatic N) is 4. The minimum Gasteiger partial charge on any atom is -0.497 e. The molecule has 6 heterocycles. The zero-order valence-corrected chi connectivity index (χ0v) is 41.6. The van der Waals surface area contributed by atoms with Crippen molar-refractivity contribution in [1.29, 1.82) is 0 Å². The van der Waals surface area contributed by atoms with E-state index in [4.69, 9.17) is 47.4 Å². The first-order valence-corrected chi connectivity index (χ1v) is 24.8. The van der Waals surface area contributed by atoms with Gasteiger partial charge in [0, 0.05) is 39.5 Å². The number of benzene rings is 2. The predicted octanol–water partition coefficient (Wildman–Crippen LogP) is 8.02. The summed E-state index contributed by atoms with van der Waals surface area (Å²) in [6.45, 7) is 13.5. The van der Waals surface area contributed by atoms with Crippen LogP contribution in [0.2, 0.25) is 0 Å². The maximum atomic E-state index is 14.5. The standard InChI is InChI=1S/C51H72N4O14/c1-50(2,3)68-48(58)54-36-20-18-32(60-7)30-34(36)44(56)52-24-22-38(42(52)46(54)66-40-16-10-14-28-64-40)62-26-12-9-13-27-63-39-23-25-53-43(39)47(67-41-17-11-15-29-65-41)55(49(59)69-51(4,5)6)37-21-19-33(61-8)31-35(37)45(53)57/h18-21,30-31,38-43,46-47H,9-17,22-29H2,1-8H3/t38?,39?,40?,41?,42-,43-,46-,47-/m0/s1. The Morgan fingerprint density at radius 1 is 0.594 bits per heavy atom. The lowest BCUT2D eigenvalue weighted by molar-refractivity contribution is -0.202. The molecule has 0 aromatic heterocycles. The molecule has 4 amide bonds. The molecule has 69 heavy (non-hydrogen) atoms. The average molecular weight is 965 g/mol. The summed E-state index contributed by atoms with van der Waals surface area (Å²) in [4.78, 5) is 64.0. The number of carbonyl (C=O) groups excluding carboxylic acids is 4. The zero-order chi connectivity index (χ0) is 49.0. The molecule has 8 rings (SSSR count). The summed E-state index contributed by atoms with van der Waals surface area (Å²) in [6.07, 6.45) is 2.83. The highest BCUT2D eigenvalue weighted by Gasteiger charge is 2.54. The first kappa shape index (κ1) is 50.7. The molecule has 0 radical (unpaired) electrons. The summed E-state index contributed by atoms with van der Waals surface area (Å²) in [6, 6.07) is 8.84. The van der Waals surface area contributed by atoms with Gasteiger partial charge in [0.1, 0.15) is 34.8 Å². The number of methoxy groups -OCH3 is 2. The number of unbranched alkanes of at least 4 members (excludes halogenated alkanes) is 2. The van der Waals surface area contributed by atoms with E-state index in [1.807, 2.05) is 0 Å². The number of rotatable bonds is 14. The second-order valence-electron chi connectivity index (χ2n) is 20.5. The largest absolute Gasteiger partial charge is 0.497 e. The van der Waals surface area contributed by atoms with Gasteiger partial charge in [-0.25, -0.2) is 19.4 Å². The fourth-order valence-electron chi connectivity index (χ4n) is 10.1. The molecular formula is C51H72N4O14. The Bertz CT molecular complexity index is 1980. The first-order chi connectivity index (χ1) is 33.0. The summed E-state index contributed by atoms with van der Waals surface area (Å²) in [5, 5.41) is 0. The number of fused-ring (bicyclic) bond motifs is 4. The van der Waals surface area contributed by atoms with Gasteiger partial charge in [0.2, 0.25) is 0 Å². The van der Waals surface area contributed by atoms with E-state index in [0.717, 1.165) is 32.1 Å². The van der Waals surface area contributed by atoms with Crippen molar-refractivity contribution < 1.29 is 66.5 Å². The third-order valence-corrected chi connectivity index (χ3v) is 13.3. The van der Waals surface area contributed by atoms with Crippen LogP contribution in [-0.2, 0) is 37.9 Å². The second kappa shape index (κ2) is 21.7. The first-order valence-electron chi connectivity index (χ1n) is 24.8. The van der Waals surface area contributed by atoms with Crippen LogP contribution in [0.1, 0.15) is 133 Å². The maximum Gasteiger partial charge on any atom is 0.417 e. The van der Waals surface area contributed by atoms with Gasteiger partial charge in [0.05, 0.1) is 48.9 Å². The number of anilines is 2. The molecule has 6 aliphatic heterocycles. The lowest BCUT2D eigenvalue weighted by atomic mass is 10.1. The Labute approximate surface area is 406 Å². The lowest BCUT2D eigenvalue weighted by Gasteiger charge is -2.40. The van der Waals surface area contributed by atoms with Crippen LogP contribution >= 0.6 is 0 Å². The smallest absolute Gasteiger partial charge is 0.417 e. The Morgan fingerprint density at radius 2 is 1.01 bits per heavy atom. The van der Waals surface area contributed by atoms with E-state index in [2.05, 4.69) is 0 Å². The van der Waals surface area contributed by atoms with Crippen LogP contribution in [0.3, 0.4) is 0 Å². The minimum absolute atomic E-state index is 0.251. The van der Waals surface area contributed by atoms with Crippen molar-refractivity contribution in [3.8, 4) is 11.5 Å². The molecule has 380 valence electrons. The summed E-state index contributed by atoms with van der Waals surface area (Å²) in [7, 11) is 3.07. The second-order valence-corrected chi connectivity index (χ2v) is 20.5. The van der Waals surface area contributed by atoms with Gasteiger partial charge in [0.25, 0.3) is 11.8 Å². The van der Waals surface area contributed by atoms with Crippen molar-refractivity contribution in [3.63, 3.8) is 0 Å². The molecular weight excluding hydrogens is 893 g/mol. The number of carbonyl (C=O) groups is 4. The molecule has 2 aromatic carbocycles. The topological polar surface area (TPSA) is 174 Å². The van der Waals surface area contributed by atoms with E-state index in [9.17, 15) is 19.2 Å². The van der Waals surface area contributed by atoms with Gasteiger partial charge in [-0.3, -0.25) is 9.59 Å². The van der Waals surface area contributed by atoms with Crippen molar-refractivity contribution in [2.24, 2.45) is 0 Å². The van der Waals surface area contributed by atoms with Gasteiger partial charge in [-0.2, -0.15) is 0 Å². The molecule has 0 N–H and O–H groups in total. The predicted molar refractivity (Wildman–Crippen MR) is 253 cm³/mol. The van der Waals surface area contributed by atoms with Crippen LogP contribution in [0, 0.1) is 0 Å². The zero-order valence-electron chi connectivity index (χ0n) is 41.6. The fourth-order valence-corrected chi connectivity index (χ4v) is 10.1. The number of amides is 4. The number of hydrogen-bond acceptors (Lipinski definition) is 14. The quantitative estimate of drug-likeness (QED) is 0.167. The number of hydrogen-bond donors (Lipinski definition) is 0. The molecule has 0 bridgehead atoms. The molecule has 0 spiro atoms. The Morgan fingerprint density at radius 3 is 1.38 bits per heavy atom. The van der Waals surface area contributed by atoms with Gasteiger partial charge < -0.3 is 57.2 Å². The third-order valence-electron chi connectivity index (χ3n) is 13.3. The van der Waals surface area contributed by atoms with Gasteiger partial charge in [-0.05, 0) is 149 Å². The SMILES string of the molecule is COc1ccc2c(c1)C(=O)N1CCC(OCCCCCOC3CCN4C(=O)c5cc(OC)ccc5N(C(=O)OC(C)(C)C)[C@@H](OC5CCCCO5)[C@H]34)[C@H]1[C@H](OC1CCCCO1)N2C(=O)OC(C)(C)C. The average Bonchev–Trinajstić information content (AvgIpc) is 3.90. The summed E-state index contributed by atoms with van der Waals surface area (Å²) >= 11 is 0. The normalized spacial score (nSPS) is 27.2. The van der Waals surface area contributed by atoms with Crippen LogP contribution < -0.4 is 19.3 Å². The van der Waals surface area contributed by atoms with Gasteiger partial charge in [-0.1, -0.05) is 0 Å². The molecule has 4 unspecified atom stereocenters. The molecule has 18 nitrogen and oxygen atoms in total. The molecule has 4 saturated heterocycles. The fraction of sp³-hybridized carbons (Fsp3) is 0.686. The molecule has 2 aromatic rings. The Kier molecular flexibility index (Phi) is 16.0. The highest BCUT2D eigenvalue weighted by atomic mass is 16.7. The van der Waals surface area contributed by atoms with Crippen molar-refractivity contribution in [2.75, 3.05) is 63.5 Å². The van der Waals surface area contributed by atoms with Gasteiger partial charge in [0.15, 0.2) is 25.0 Å². The van der Waals surface area contributed by atoms with Gasteiger partial charge >= 0.3 is 12.2 Å². The van der Waals surface area contributed by atoms with Crippen LogP contribution in [-0.4, -0.2) is 148 Å². The lowest BCUT2D eigenvalue weighted by Crippen LogP contribution is -2.58. The van der Waals surface area contributed by atoms with Crippen LogP contribution in [0.25, 0.3) is 0 Å². The van der Waals surface area contributed by atoms with E-state index < -0.39 is 72.7 Å². The van der Waals surface area contributed by atoms with E-state index in [1.54, 1.807) is 87.7 Å². The van der Waals surface area contributed by atoms with Crippen molar-refractivity contribution in [2.45, 2.75) is 173 Å². The third kappa shape index (κ3) is 11.6. The molecule has 6 aliphatic rings. The number of ether oxygens (including phenoxy) is 10. The van der Waals surface area contributed by atoms with Crippen LogP contribution in [0.4, 0.5) is 21.0 Å².